The van der Waals surface area contributed by atoms with Gasteiger partial charge in [-0.05, 0) is 18.2 Å². The summed E-state index contributed by atoms with van der Waals surface area (Å²) in [4.78, 5) is 15.2. The van der Waals surface area contributed by atoms with Gasteiger partial charge in [-0.1, -0.05) is 39.7 Å². The van der Waals surface area contributed by atoms with Gasteiger partial charge in [0, 0.05) is 39.3 Å². The Labute approximate surface area is 145 Å². The zero-order chi connectivity index (χ0) is 16.6. The Morgan fingerprint density at radius 1 is 1.30 bits per heavy atom. The Hall–Kier alpha value is -1.85. The van der Waals surface area contributed by atoms with Crippen LogP contribution in [-0.4, -0.2) is 17.9 Å². The summed E-state index contributed by atoms with van der Waals surface area (Å²) in [5.41, 5.74) is 1.89. The van der Waals surface area contributed by atoms with Crippen molar-refractivity contribution >= 4 is 44.2 Å². The van der Waals surface area contributed by atoms with Crippen molar-refractivity contribution in [1.29, 1.82) is 0 Å². The number of ketones is 1. The second-order valence-corrected chi connectivity index (χ2v) is 6.36. The topological polar surface area (TPSA) is 42.1 Å². The van der Waals surface area contributed by atoms with Crippen molar-refractivity contribution in [2.75, 3.05) is 7.11 Å². The molecule has 118 valence electrons. The van der Waals surface area contributed by atoms with E-state index < -0.39 is 10.6 Å². The number of fused-ring (bicyclic) bond motifs is 1. The number of carbonyl (C=O) groups is 1. The Bertz CT molecular complexity index is 893. The maximum Gasteiger partial charge on any atom is 0.183 e. The number of benzene rings is 2. The van der Waals surface area contributed by atoms with Crippen molar-refractivity contribution in [2.24, 2.45) is 0 Å². The Morgan fingerprint density at radius 3 is 2.83 bits per heavy atom. The monoisotopic (exact) mass is 395 g/mol. The number of aromatic amines is 1. The highest BCUT2D eigenvalue weighted by Crippen LogP contribution is 2.36. The number of aromatic nitrogens is 1. The van der Waals surface area contributed by atoms with E-state index in [1.165, 1.54) is 25.3 Å². The van der Waals surface area contributed by atoms with Gasteiger partial charge in [-0.2, -0.15) is 0 Å². The van der Waals surface area contributed by atoms with E-state index >= 15 is 0 Å². The fraction of sp³-hybridized carbons (Fsp3) is 0.118. The molecule has 3 rings (SSSR count). The van der Waals surface area contributed by atoms with Gasteiger partial charge < -0.3 is 9.72 Å². The molecule has 1 aromatic heterocycles. The number of Topliss-reactive ketones (excluding diaryl/α,β-unsaturated/α-hetero) is 1. The van der Waals surface area contributed by atoms with Crippen molar-refractivity contribution < 1.29 is 13.9 Å². The van der Waals surface area contributed by atoms with E-state index in [0.29, 0.717) is 21.9 Å². The maximum absolute atomic E-state index is 13.3. The second-order valence-electron chi connectivity index (χ2n) is 5.01. The van der Waals surface area contributed by atoms with Crippen LogP contribution in [0.3, 0.4) is 0 Å². The molecule has 0 aliphatic carbocycles. The first-order chi connectivity index (χ1) is 11.0. The van der Waals surface area contributed by atoms with E-state index in [2.05, 4.69) is 20.9 Å². The summed E-state index contributed by atoms with van der Waals surface area (Å²) in [6.45, 7) is 0. The van der Waals surface area contributed by atoms with Crippen LogP contribution in [0.4, 0.5) is 4.39 Å². The van der Waals surface area contributed by atoms with E-state index in [1.54, 1.807) is 24.4 Å². The number of H-pyrrole nitrogens is 1. The normalized spacial score (nSPS) is 12.3. The molecule has 0 fully saturated rings. The largest absolute Gasteiger partial charge is 0.496 e. The minimum atomic E-state index is -0.646. The molecule has 0 aliphatic rings. The molecular weight excluding hydrogens is 385 g/mol. The minimum Gasteiger partial charge on any atom is -0.496 e. The first-order valence-electron chi connectivity index (χ1n) is 6.79. The number of rotatable bonds is 4. The molecule has 1 heterocycles. The average molecular weight is 397 g/mol. The molecule has 3 nitrogen and oxygen atoms in total. The molecule has 0 amide bonds. The first kappa shape index (κ1) is 16.0. The molecule has 0 radical (unpaired) electrons. The van der Waals surface area contributed by atoms with E-state index in [1.807, 2.05) is 0 Å². The number of nitrogens with one attached hydrogen (secondary N) is 1. The van der Waals surface area contributed by atoms with Gasteiger partial charge in [0.05, 0.1) is 7.11 Å². The summed E-state index contributed by atoms with van der Waals surface area (Å²) in [5.74, 6) is -0.244. The Morgan fingerprint density at radius 2 is 2.09 bits per heavy atom. The van der Waals surface area contributed by atoms with Crippen LogP contribution < -0.4 is 4.74 Å². The second kappa shape index (κ2) is 6.34. The zero-order valence-corrected chi connectivity index (χ0v) is 14.4. The highest BCUT2D eigenvalue weighted by Gasteiger charge is 2.24. The smallest absolute Gasteiger partial charge is 0.183 e. The molecule has 0 bridgehead atoms. The predicted octanol–water partition coefficient (Wildman–Crippen LogP) is 5.29. The van der Waals surface area contributed by atoms with Gasteiger partial charge in [0.1, 0.15) is 16.4 Å². The van der Waals surface area contributed by atoms with Crippen LogP contribution in [0.25, 0.3) is 10.9 Å². The number of ether oxygens (including phenoxy) is 1. The standard InChI is InChI=1S/C17H12BrClFNO2/c1-23-15-7-10(20)3-5-12(15)16(18)17(22)13-8-21-14-6-9(19)2-4-11(13)14/h2-8,16,21H,1H3. The van der Waals surface area contributed by atoms with E-state index in [-0.39, 0.29) is 5.78 Å². The lowest BCUT2D eigenvalue weighted by atomic mass is 10.0. The lowest BCUT2D eigenvalue weighted by Gasteiger charge is -2.13. The average Bonchev–Trinajstić information content (AvgIpc) is 2.96. The number of halogens is 3. The maximum atomic E-state index is 13.3. The molecule has 1 N–H and O–H groups in total. The molecular formula is C17H12BrClFNO2. The van der Waals surface area contributed by atoms with Crippen molar-refractivity contribution in [3.63, 3.8) is 0 Å². The van der Waals surface area contributed by atoms with Crippen LogP contribution >= 0.6 is 27.5 Å². The molecule has 0 saturated carbocycles. The fourth-order valence-corrected chi connectivity index (χ4v) is 3.27. The van der Waals surface area contributed by atoms with Gasteiger partial charge in [0.15, 0.2) is 5.78 Å². The number of methoxy groups -OCH3 is 1. The molecule has 3 aromatic rings. The molecule has 1 unspecified atom stereocenters. The van der Waals surface area contributed by atoms with Crippen LogP contribution in [0.5, 0.6) is 5.75 Å². The van der Waals surface area contributed by atoms with E-state index in [4.69, 9.17) is 16.3 Å². The van der Waals surface area contributed by atoms with E-state index in [9.17, 15) is 9.18 Å². The van der Waals surface area contributed by atoms with Gasteiger partial charge in [-0.3, -0.25) is 4.79 Å². The van der Waals surface area contributed by atoms with Crippen LogP contribution in [0, 0.1) is 5.82 Å². The Kier molecular flexibility index (Phi) is 4.41. The summed E-state index contributed by atoms with van der Waals surface area (Å²) in [7, 11) is 1.44. The predicted molar refractivity (Wildman–Crippen MR) is 92.3 cm³/mol. The summed E-state index contributed by atoms with van der Waals surface area (Å²) in [6.07, 6.45) is 1.65. The Balaban J connectivity index is 2.02. The summed E-state index contributed by atoms with van der Waals surface area (Å²) in [5, 5.41) is 1.37. The van der Waals surface area contributed by atoms with Gasteiger partial charge in [0.25, 0.3) is 0 Å². The molecule has 23 heavy (non-hydrogen) atoms. The van der Waals surface area contributed by atoms with Gasteiger partial charge in [0.2, 0.25) is 0 Å². The molecule has 0 spiro atoms. The highest BCUT2D eigenvalue weighted by atomic mass is 79.9. The fourth-order valence-electron chi connectivity index (χ4n) is 2.47. The van der Waals surface area contributed by atoms with E-state index in [0.717, 1.165) is 10.9 Å². The number of carbonyl (C=O) groups excluding carboxylic acids is 1. The number of hydrogen-bond donors (Lipinski definition) is 1. The van der Waals surface area contributed by atoms with Gasteiger partial charge >= 0.3 is 0 Å². The van der Waals surface area contributed by atoms with Gasteiger partial charge in [-0.15, -0.1) is 0 Å². The molecule has 2 aromatic carbocycles. The minimum absolute atomic E-state index is 0.150. The van der Waals surface area contributed by atoms with Gasteiger partial charge in [-0.25, -0.2) is 4.39 Å². The van der Waals surface area contributed by atoms with Crippen molar-refractivity contribution in [3.8, 4) is 5.75 Å². The molecule has 0 saturated heterocycles. The third kappa shape index (κ3) is 2.99. The quantitative estimate of drug-likeness (QED) is 0.481. The van der Waals surface area contributed by atoms with Crippen LogP contribution in [0.1, 0.15) is 20.7 Å². The molecule has 6 heteroatoms. The van der Waals surface area contributed by atoms with Crippen molar-refractivity contribution in [1.82, 2.24) is 4.98 Å². The SMILES string of the molecule is COc1cc(F)ccc1C(Br)C(=O)c1c[nH]c2cc(Cl)ccc12. The first-order valence-corrected chi connectivity index (χ1v) is 8.09. The van der Waals surface area contributed by atoms with Crippen molar-refractivity contribution in [2.45, 2.75) is 4.83 Å². The summed E-state index contributed by atoms with van der Waals surface area (Å²) >= 11 is 9.35. The molecule has 1 atom stereocenters. The lowest BCUT2D eigenvalue weighted by Crippen LogP contribution is -2.08. The zero-order valence-electron chi connectivity index (χ0n) is 12.1. The lowest BCUT2D eigenvalue weighted by molar-refractivity contribution is 0.0992. The number of hydrogen-bond acceptors (Lipinski definition) is 2. The summed E-state index contributed by atoms with van der Waals surface area (Å²) in [6, 6.07) is 9.38. The third-order valence-corrected chi connectivity index (χ3v) is 4.75. The third-order valence-electron chi connectivity index (χ3n) is 3.61. The number of alkyl halides is 1. The van der Waals surface area contributed by atoms with Crippen molar-refractivity contribution in [3.05, 3.63) is 64.6 Å². The summed E-state index contributed by atoms with van der Waals surface area (Å²) < 4.78 is 18.5. The molecule has 0 aliphatic heterocycles. The highest BCUT2D eigenvalue weighted by molar-refractivity contribution is 9.09. The van der Waals surface area contributed by atoms with Crippen LogP contribution in [-0.2, 0) is 0 Å². The van der Waals surface area contributed by atoms with Crippen LogP contribution in [0.15, 0.2) is 42.6 Å². The van der Waals surface area contributed by atoms with Crippen LogP contribution in [0.2, 0.25) is 5.02 Å².